The van der Waals surface area contributed by atoms with Crippen molar-refractivity contribution in [2.75, 3.05) is 102 Å². The normalized spacial score (nSPS) is 16.4. The van der Waals surface area contributed by atoms with Crippen LogP contribution in [0.25, 0.3) is 33.4 Å². The Morgan fingerprint density at radius 3 is 1.35 bits per heavy atom. The number of ether oxygens (including phenoxy) is 5. The number of unbranched alkanes of at least 4 members (excludes halogenated alkanes) is 1. The van der Waals surface area contributed by atoms with Gasteiger partial charge in [-0.05, 0) is 181 Å². The highest BCUT2D eigenvalue weighted by Gasteiger charge is 2.50. The Hall–Kier alpha value is -13.0. The summed E-state index contributed by atoms with van der Waals surface area (Å²) in [5, 5.41) is 16.6. The van der Waals surface area contributed by atoms with Crippen molar-refractivity contribution in [2.24, 2.45) is 22.0 Å². The van der Waals surface area contributed by atoms with Crippen molar-refractivity contribution in [3.05, 3.63) is 212 Å². The highest BCUT2D eigenvalue weighted by molar-refractivity contribution is 7.93. The fraction of sp³-hybridized carbons (Fsp3) is 0.452. The molecule has 144 heavy (non-hydrogen) atoms. The van der Waals surface area contributed by atoms with Gasteiger partial charge >= 0.3 is 0 Å². The lowest BCUT2D eigenvalue weighted by molar-refractivity contribution is -0.138. The minimum absolute atomic E-state index is 0.00523. The van der Waals surface area contributed by atoms with Crippen LogP contribution in [-0.2, 0) is 124 Å². The van der Waals surface area contributed by atoms with Crippen LogP contribution >= 0.6 is 0 Å². The summed E-state index contributed by atoms with van der Waals surface area (Å²) >= 11 is 0. The predicted molar refractivity (Wildman–Crippen MR) is 545 cm³/mol. The highest BCUT2D eigenvalue weighted by Crippen LogP contribution is 2.44. The first kappa shape index (κ1) is 108. The Labute approximate surface area is 842 Å². The van der Waals surface area contributed by atoms with Gasteiger partial charge in [0, 0.05) is 126 Å². The van der Waals surface area contributed by atoms with Crippen LogP contribution < -0.4 is 14.2 Å². The molecule has 7 heterocycles. The summed E-state index contributed by atoms with van der Waals surface area (Å²) in [6.07, 6.45) is 6.80. The summed E-state index contributed by atoms with van der Waals surface area (Å²) in [6, 6.07) is 33.0. The maximum absolute atomic E-state index is 16.1. The zero-order chi connectivity index (χ0) is 104. The molecule has 10 aromatic rings. The van der Waals surface area contributed by atoms with E-state index in [1.54, 1.807) is 181 Å². The third kappa shape index (κ3) is 24.3. The molecule has 0 saturated heterocycles. The van der Waals surface area contributed by atoms with Gasteiger partial charge in [-0.2, -0.15) is 5.10 Å². The molecule has 770 valence electrons. The van der Waals surface area contributed by atoms with Gasteiger partial charge in [0.05, 0.1) is 79.0 Å². The van der Waals surface area contributed by atoms with Crippen LogP contribution in [-0.4, -0.2) is 232 Å². The molecule has 40 heteroatoms. The van der Waals surface area contributed by atoms with Crippen LogP contribution in [0.15, 0.2) is 171 Å². The number of anilines is 3. The first-order valence-electron chi connectivity index (χ1n) is 48.4. The number of carbonyl (C=O) groups excluding carboxylic acids is 6. The lowest BCUT2D eigenvalue weighted by Gasteiger charge is -2.31. The topological polar surface area (TPSA) is 440 Å². The lowest BCUT2D eigenvalue weighted by Crippen LogP contribution is -2.49. The van der Waals surface area contributed by atoms with Crippen molar-refractivity contribution in [1.29, 1.82) is 0 Å². The van der Waals surface area contributed by atoms with Crippen LogP contribution in [0.5, 0.6) is 0 Å². The number of aliphatic imine (C=N–C) groups is 3. The molecule has 13 rings (SSSR count). The molecular weight excluding hydrogens is 1900 g/mol. The van der Waals surface area contributed by atoms with Gasteiger partial charge in [-0.15, -0.1) is 0 Å². The first-order chi connectivity index (χ1) is 68.7. The zero-order valence-electron chi connectivity index (χ0n) is 85.4. The van der Waals surface area contributed by atoms with Gasteiger partial charge in [-0.3, -0.25) is 72.3 Å². The number of nitrogens with one attached hydrogen (secondary N) is 3. The number of aromatic nitrogens is 5. The van der Waals surface area contributed by atoms with E-state index in [2.05, 4.69) is 34.7 Å². The Morgan fingerprint density at radius 2 is 0.924 bits per heavy atom. The SMILES string of the molecule is CCCCC1=N[C@@](C)(CN(C)C(=O)COC)C(=O)N1Cc1ccc(-c2ccc(C(CCC)C3=N[C@](C)(CN(C)C(=O)COC)C(=O)N3Cc3ccc(-c4ccc(C(CCC)C5=NCN(C(=O)c6cnn(C)c6)CCCC(=O)N5Cc5ccc(-c6ccccc6S(=O)(=O)Nc6noc(C)c6C)c(COCC)c5)cc4S(=O)(=O)Nc4noc(C)c4C)c(COCC)c3)cc2S(=O)(=O)Nc2noc(C)c2C)c(COCC)c1. The van der Waals surface area contributed by atoms with Crippen LogP contribution in [0.3, 0.4) is 0 Å². The van der Waals surface area contributed by atoms with Gasteiger partial charge < -0.3 is 52.0 Å². The van der Waals surface area contributed by atoms with Crippen molar-refractivity contribution in [3.8, 4) is 33.4 Å². The lowest BCUT2D eigenvalue weighted by atomic mass is 9.89. The third-order valence-corrected chi connectivity index (χ3v) is 30.5. The molecule has 4 atom stereocenters. The number of rotatable bonds is 47. The van der Waals surface area contributed by atoms with E-state index in [1.807, 2.05) is 71.9 Å². The van der Waals surface area contributed by atoms with E-state index >= 15 is 26.4 Å². The second kappa shape index (κ2) is 46.8. The number of hydrogen-bond donors (Lipinski definition) is 3. The molecule has 3 aliphatic rings. The van der Waals surface area contributed by atoms with Crippen LogP contribution in [0.4, 0.5) is 17.5 Å². The second-order valence-corrected chi connectivity index (χ2v) is 42.0. The standard InChI is InChI=1S/C104H131N17O20S3/c1-20-26-34-91-107-103(13,62-115(15)93(123)60-134-18)101(126)119(91)53-71-36-42-81(77(47-71)58-137-24-5)87-45-40-75(51-90(87)144(132,133)114-97-67(9)70(12)141-111-97)84(31-22-3)99-108-104(14,63-116(16)94(124)61-135-19)102(127)121(99)55-73-38-43-82(78(49-73)59-138-25-6)86-44-39-74(50-89(86)143(130,131)113-96-66(8)69(11)140-110-96)83(30-21-2)98-105-64-118(100(125)79-52-106-117(17)56-79)46-29-35-92(122)120(98)54-72-37-41-80(76(48-72)57-136-23-4)85-32-27-28-33-88(85)142(128,129)112-95-65(7)68(10)139-109-95/h27-28,32-33,36-45,47-52,56,83-84H,20-26,29-31,34-35,46,53-55,57-64H2,1-19H3,(H,109,112)(H,110,113)(H,111,114)/t83?,84?,103-,104+/m0/s1. The molecular formula is C104H131N17O20S3. The summed E-state index contributed by atoms with van der Waals surface area (Å²) in [6.45, 7) is 24.6. The van der Waals surface area contributed by atoms with Crippen LogP contribution in [0.2, 0.25) is 0 Å². The van der Waals surface area contributed by atoms with E-state index in [0.717, 1.165) is 12.8 Å². The van der Waals surface area contributed by atoms with Gasteiger partial charge in [0.2, 0.25) is 17.7 Å². The van der Waals surface area contributed by atoms with Gasteiger partial charge in [0.15, 0.2) is 28.5 Å². The monoisotopic (exact) mass is 2030 g/mol. The Bertz CT molecular complexity index is 6880. The van der Waals surface area contributed by atoms with Gasteiger partial charge in [0.1, 0.15) is 54.7 Å². The molecule has 37 nitrogen and oxygen atoms in total. The number of methoxy groups -OCH3 is 2. The molecule has 0 radical (unpaired) electrons. The van der Waals surface area contributed by atoms with E-state index in [0.29, 0.717) is 144 Å². The highest BCUT2D eigenvalue weighted by atomic mass is 32.2. The summed E-state index contributed by atoms with van der Waals surface area (Å²) in [7, 11) is -6.10. The Kier molecular flexibility index (Phi) is 35.2. The first-order valence-corrected chi connectivity index (χ1v) is 52.9. The minimum Gasteiger partial charge on any atom is -0.377 e. The van der Waals surface area contributed by atoms with Crippen molar-refractivity contribution in [2.45, 2.75) is 232 Å². The number of amides is 6. The Balaban J connectivity index is 0.924. The quantitative estimate of drug-likeness (QED) is 0.0319. The number of aryl methyl sites for hydroxylation is 4. The summed E-state index contributed by atoms with van der Waals surface area (Å²) in [4.78, 5) is 113. The molecule has 4 aromatic heterocycles. The molecule has 6 amide bonds. The van der Waals surface area contributed by atoms with Gasteiger partial charge in [0.25, 0.3) is 47.8 Å². The number of sulfonamides is 3. The zero-order valence-corrected chi connectivity index (χ0v) is 87.8. The van der Waals surface area contributed by atoms with E-state index in [9.17, 15) is 27.6 Å². The predicted octanol–water partition coefficient (Wildman–Crippen LogP) is 15.4. The summed E-state index contributed by atoms with van der Waals surface area (Å²) < 4.78 is 148. The number of hydrogen-bond acceptors (Lipinski definition) is 27. The van der Waals surface area contributed by atoms with E-state index < -0.39 is 64.8 Å². The van der Waals surface area contributed by atoms with E-state index in [4.69, 9.17) is 52.2 Å². The van der Waals surface area contributed by atoms with Crippen molar-refractivity contribution in [3.63, 3.8) is 0 Å². The van der Waals surface area contributed by atoms with Crippen molar-refractivity contribution in [1.82, 2.24) is 54.6 Å². The number of nitrogens with zero attached hydrogens (tertiary/aromatic N) is 14. The fourth-order valence-electron chi connectivity index (χ4n) is 18.2. The van der Waals surface area contributed by atoms with Crippen LogP contribution in [0.1, 0.15) is 214 Å². The number of carbonyl (C=O) groups is 6. The maximum atomic E-state index is 16.1. The molecule has 3 N–H and O–H groups in total. The number of benzene rings is 6. The van der Waals surface area contributed by atoms with E-state index in [-0.39, 0.29) is 190 Å². The molecule has 0 spiro atoms. The average Bonchev–Trinajstić information content (AvgIpc) is 1.16. The Morgan fingerprint density at radius 1 is 0.507 bits per heavy atom. The second-order valence-electron chi connectivity index (χ2n) is 37.0. The number of likely N-dealkylation sites (N-methyl/N-ethyl adjacent to an activating group) is 2. The van der Waals surface area contributed by atoms with Crippen molar-refractivity contribution >= 4 is 100 Å². The largest absolute Gasteiger partial charge is 0.377 e. The molecule has 0 saturated carbocycles. The molecule has 2 unspecified atom stereocenters. The van der Waals surface area contributed by atoms with E-state index in [1.165, 1.54) is 41.0 Å². The maximum Gasteiger partial charge on any atom is 0.263 e. The smallest absolute Gasteiger partial charge is 0.263 e. The summed E-state index contributed by atoms with van der Waals surface area (Å²) in [5.41, 5.74) is 5.17. The van der Waals surface area contributed by atoms with Gasteiger partial charge in [-0.25, -0.2) is 30.2 Å². The molecule has 0 aliphatic carbocycles. The molecule has 6 aromatic carbocycles. The fourth-order valence-corrected chi connectivity index (χ4v) is 22.1. The van der Waals surface area contributed by atoms with Crippen LogP contribution in [0, 0.1) is 41.5 Å². The molecule has 0 bridgehead atoms. The van der Waals surface area contributed by atoms with Gasteiger partial charge in [-0.1, -0.05) is 153 Å². The third-order valence-electron chi connectivity index (χ3n) is 26.3. The summed E-state index contributed by atoms with van der Waals surface area (Å²) in [5.74, 6) is -1.90. The average molecular weight is 2040 g/mol. The molecule has 0 fully saturated rings. The minimum atomic E-state index is -4.78. The molecule has 3 aliphatic heterocycles. The van der Waals surface area contributed by atoms with Crippen molar-refractivity contribution < 1.29 is 91.3 Å². The number of amidine groups is 3.